The third kappa shape index (κ3) is 8.18. The third-order valence-electron chi connectivity index (χ3n) is 4.66. The maximum absolute atomic E-state index is 11.8. The van der Waals surface area contributed by atoms with Crippen molar-refractivity contribution in [3.63, 3.8) is 0 Å². The highest BCUT2D eigenvalue weighted by Gasteiger charge is 2.24. The molecule has 0 spiro atoms. The van der Waals surface area contributed by atoms with E-state index in [1.54, 1.807) is 37.1 Å². The Morgan fingerprint density at radius 1 is 1.10 bits per heavy atom. The zero-order valence-electron chi connectivity index (χ0n) is 17.9. The van der Waals surface area contributed by atoms with Crippen LogP contribution in [0.3, 0.4) is 0 Å². The molecule has 0 saturated heterocycles. The van der Waals surface area contributed by atoms with Crippen molar-refractivity contribution in [2.24, 2.45) is 10.4 Å². The van der Waals surface area contributed by atoms with Crippen LogP contribution in [0.2, 0.25) is 0 Å². The minimum Gasteiger partial charge on any atom is -0.379 e. The second-order valence-electron chi connectivity index (χ2n) is 7.88. The first-order chi connectivity index (χ1) is 13.3. The van der Waals surface area contributed by atoms with Crippen LogP contribution in [0.15, 0.2) is 58.4 Å². The van der Waals surface area contributed by atoms with E-state index in [2.05, 4.69) is 48.5 Å². The van der Waals surface area contributed by atoms with Crippen molar-refractivity contribution in [2.75, 3.05) is 20.7 Å². The summed E-state index contributed by atoms with van der Waals surface area (Å²) in [7, 11) is 3.49. The first-order valence-electron chi connectivity index (χ1n) is 9.54. The highest BCUT2D eigenvalue weighted by Crippen LogP contribution is 2.20. The zero-order chi connectivity index (χ0) is 20.6. The van der Waals surface area contributed by atoms with E-state index in [4.69, 9.17) is 4.74 Å². The lowest BCUT2D eigenvalue weighted by Crippen LogP contribution is -2.45. The van der Waals surface area contributed by atoms with E-state index >= 15 is 0 Å². The predicted octanol–water partition coefficient (Wildman–Crippen LogP) is 3.24. The molecule has 0 aliphatic heterocycles. The smallest absolute Gasteiger partial charge is 0.250 e. The number of hydrogen-bond donors (Lipinski definition) is 2. The first kappa shape index (κ1) is 25.2. The number of rotatable bonds is 7. The number of aromatic nitrogens is 1. The molecule has 7 heteroatoms. The maximum atomic E-state index is 11.8. The van der Waals surface area contributed by atoms with Gasteiger partial charge in [0, 0.05) is 39.5 Å². The number of hydrogen-bond acceptors (Lipinski definition) is 3. The third-order valence-corrected chi connectivity index (χ3v) is 4.66. The van der Waals surface area contributed by atoms with Gasteiger partial charge >= 0.3 is 0 Å². The first-order valence-corrected chi connectivity index (χ1v) is 9.54. The summed E-state index contributed by atoms with van der Waals surface area (Å²) in [5.41, 5.74) is 2.29. The SMILES string of the molecule is CN=C(NCc1ccc(Cn2ccccc2=O)cc1)NCC(OC)C(C)(C)C.I. The summed E-state index contributed by atoms with van der Waals surface area (Å²) in [4.78, 5) is 16.1. The monoisotopic (exact) mass is 512 g/mol. The molecule has 0 fully saturated rings. The Labute approximate surface area is 190 Å². The van der Waals surface area contributed by atoms with Crippen molar-refractivity contribution < 1.29 is 4.74 Å². The van der Waals surface area contributed by atoms with Gasteiger partial charge in [0.05, 0.1) is 12.6 Å². The van der Waals surface area contributed by atoms with Gasteiger partial charge in [-0.25, -0.2) is 0 Å². The molecule has 6 nitrogen and oxygen atoms in total. The van der Waals surface area contributed by atoms with Crippen LogP contribution in [0.25, 0.3) is 0 Å². The van der Waals surface area contributed by atoms with E-state index in [0.717, 1.165) is 17.1 Å². The van der Waals surface area contributed by atoms with Crippen molar-refractivity contribution in [1.82, 2.24) is 15.2 Å². The average Bonchev–Trinajstić information content (AvgIpc) is 2.66. The number of guanidine groups is 1. The van der Waals surface area contributed by atoms with Crippen LogP contribution in [0.4, 0.5) is 0 Å². The number of halogens is 1. The van der Waals surface area contributed by atoms with E-state index in [1.807, 2.05) is 18.2 Å². The van der Waals surface area contributed by atoms with Crippen LogP contribution in [-0.2, 0) is 17.8 Å². The van der Waals surface area contributed by atoms with Crippen molar-refractivity contribution in [1.29, 1.82) is 0 Å². The topological polar surface area (TPSA) is 67.7 Å². The molecule has 0 radical (unpaired) electrons. The molecule has 1 aromatic carbocycles. The fourth-order valence-electron chi connectivity index (χ4n) is 2.89. The molecule has 1 atom stereocenters. The molecule has 160 valence electrons. The van der Waals surface area contributed by atoms with Crippen LogP contribution in [0, 0.1) is 5.41 Å². The van der Waals surface area contributed by atoms with Gasteiger partial charge in [-0.2, -0.15) is 0 Å². The van der Waals surface area contributed by atoms with Crippen LogP contribution >= 0.6 is 24.0 Å². The summed E-state index contributed by atoms with van der Waals surface area (Å²) < 4.78 is 7.27. The largest absolute Gasteiger partial charge is 0.379 e. The molecule has 1 heterocycles. The van der Waals surface area contributed by atoms with Gasteiger partial charge in [0.15, 0.2) is 5.96 Å². The number of nitrogens with zero attached hydrogens (tertiary/aromatic N) is 2. The van der Waals surface area contributed by atoms with Gasteiger partial charge in [-0.1, -0.05) is 51.1 Å². The molecule has 0 amide bonds. The molecular weight excluding hydrogens is 479 g/mol. The zero-order valence-corrected chi connectivity index (χ0v) is 20.3. The number of pyridine rings is 1. The molecule has 0 aliphatic carbocycles. The van der Waals surface area contributed by atoms with Crippen molar-refractivity contribution in [3.05, 3.63) is 70.1 Å². The van der Waals surface area contributed by atoms with Crippen LogP contribution < -0.4 is 16.2 Å². The van der Waals surface area contributed by atoms with Crippen molar-refractivity contribution in [2.45, 2.75) is 40.0 Å². The Morgan fingerprint density at radius 2 is 1.76 bits per heavy atom. The molecule has 2 aromatic rings. The number of benzene rings is 1. The van der Waals surface area contributed by atoms with Gasteiger partial charge in [0.25, 0.3) is 5.56 Å². The molecule has 0 bridgehead atoms. The number of aliphatic imine (C=N–C) groups is 1. The van der Waals surface area contributed by atoms with E-state index in [0.29, 0.717) is 19.6 Å². The fourth-order valence-corrected chi connectivity index (χ4v) is 2.89. The fraction of sp³-hybridized carbons (Fsp3) is 0.455. The van der Waals surface area contributed by atoms with Gasteiger partial charge in [-0.05, 0) is 22.6 Å². The summed E-state index contributed by atoms with van der Waals surface area (Å²) in [5, 5.41) is 6.65. The lowest BCUT2D eigenvalue weighted by molar-refractivity contribution is 0.0205. The summed E-state index contributed by atoms with van der Waals surface area (Å²) in [5.74, 6) is 0.742. The van der Waals surface area contributed by atoms with E-state index in [1.165, 1.54) is 0 Å². The molecule has 29 heavy (non-hydrogen) atoms. The summed E-state index contributed by atoms with van der Waals surface area (Å²) >= 11 is 0. The van der Waals surface area contributed by atoms with E-state index in [-0.39, 0.29) is 41.1 Å². The van der Waals surface area contributed by atoms with Gasteiger partial charge in [0.1, 0.15) is 0 Å². The van der Waals surface area contributed by atoms with E-state index in [9.17, 15) is 4.79 Å². The number of nitrogens with one attached hydrogen (secondary N) is 2. The summed E-state index contributed by atoms with van der Waals surface area (Å²) in [6.45, 7) is 8.39. The Bertz CT molecular complexity index is 826. The summed E-state index contributed by atoms with van der Waals surface area (Å²) in [6, 6.07) is 13.4. The van der Waals surface area contributed by atoms with Crippen LogP contribution in [-0.4, -0.2) is 37.3 Å². The minimum atomic E-state index is 0. The van der Waals surface area contributed by atoms with Crippen LogP contribution in [0.5, 0.6) is 0 Å². The van der Waals surface area contributed by atoms with Crippen molar-refractivity contribution >= 4 is 29.9 Å². The normalized spacial score (nSPS) is 12.8. The highest BCUT2D eigenvalue weighted by atomic mass is 127. The second kappa shape index (κ2) is 12.0. The van der Waals surface area contributed by atoms with Gasteiger partial charge < -0.3 is 19.9 Å². The molecule has 1 aromatic heterocycles. The molecule has 0 saturated carbocycles. The molecule has 2 N–H and O–H groups in total. The van der Waals surface area contributed by atoms with Crippen LogP contribution in [0.1, 0.15) is 31.9 Å². The quantitative estimate of drug-likeness (QED) is 0.340. The lowest BCUT2D eigenvalue weighted by Gasteiger charge is -2.30. The summed E-state index contributed by atoms with van der Waals surface area (Å²) in [6.07, 6.45) is 1.89. The Balaban J connectivity index is 0.00000420. The lowest BCUT2D eigenvalue weighted by atomic mass is 9.89. The maximum Gasteiger partial charge on any atom is 0.250 e. The number of ether oxygens (including phenoxy) is 1. The Hall–Kier alpha value is -1.87. The Kier molecular flexibility index (Phi) is 10.4. The molecular formula is C22H33IN4O2. The minimum absolute atomic E-state index is 0. The molecule has 1 unspecified atom stereocenters. The second-order valence-corrected chi connectivity index (χ2v) is 7.88. The van der Waals surface area contributed by atoms with Gasteiger partial charge in [-0.15, -0.1) is 24.0 Å². The number of methoxy groups -OCH3 is 1. The molecule has 2 rings (SSSR count). The van der Waals surface area contributed by atoms with Gasteiger partial charge in [-0.3, -0.25) is 9.79 Å². The average molecular weight is 512 g/mol. The van der Waals surface area contributed by atoms with Crippen molar-refractivity contribution in [3.8, 4) is 0 Å². The standard InChI is InChI=1S/C22H32N4O2.HI/c1-22(2,3)19(28-5)15-25-21(23-4)24-14-17-9-11-18(12-10-17)16-26-13-7-6-8-20(26)27;/h6-13,19H,14-16H2,1-5H3,(H2,23,24,25);1H. The van der Waals surface area contributed by atoms with E-state index < -0.39 is 0 Å². The molecule has 0 aliphatic rings. The highest BCUT2D eigenvalue weighted by molar-refractivity contribution is 14.0. The Morgan fingerprint density at radius 3 is 2.31 bits per heavy atom. The predicted molar refractivity (Wildman–Crippen MR) is 130 cm³/mol. The van der Waals surface area contributed by atoms with Gasteiger partial charge in [0.2, 0.25) is 0 Å².